The lowest BCUT2D eigenvalue weighted by atomic mass is 10.1. The van der Waals surface area contributed by atoms with Gasteiger partial charge in [0.25, 0.3) is 0 Å². The minimum absolute atomic E-state index is 0. The number of hydrogen-bond donors (Lipinski definition) is 3. The van der Waals surface area contributed by atoms with Crippen molar-refractivity contribution in [2.45, 2.75) is 45.6 Å². The number of carbonyl (C=O) groups is 2. The summed E-state index contributed by atoms with van der Waals surface area (Å²) in [6.45, 7) is 5.79. The van der Waals surface area contributed by atoms with Crippen molar-refractivity contribution in [1.29, 1.82) is 0 Å². The van der Waals surface area contributed by atoms with Gasteiger partial charge >= 0.3 is 0 Å². The van der Waals surface area contributed by atoms with E-state index in [1.807, 2.05) is 13.8 Å². The Morgan fingerprint density at radius 2 is 1.95 bits per heavy atom. The van der Waals surface area contributed by atoms with E-state index >= 15 is 0 Å². The molecule has 0 aromatic rings. The third kappa shape index (κ3) is 8.06. The number of rotatable bonds is 7. The molecule has 0 aromatic heterocycles. The normalized spacial score (nSPS) is 17.9. The van der Waals surface area contributed by atoms with Gasteiger partial charge in [0, 0.05) is 31.5 Å². The second-order valence-electron chi connectivity index (χ2n) is 5.13. The van der Waals surface area contributed by atoms with Crippen molar-refractivity contribution in [3.63, 3.8) is 0 Å². The quantitative estimate of drug-likeness (QED) is 0.609. The summed E-state index contributed by atoms with van der Waals surface area (Å²) in [6.07, 6.45) is 3.87. The third-order valence-electron chi connectivity index (χ3n) is 3.15. The Hall–Kier alpha value is -0.810. The third-order valence-corrected chi connectivity index (χ3v) is 3.15. The summed E-state index contributed by atoms with van der Waals surface area (Å²) in [7, 11) is 0. The molecule has 0 aromatic carbocycles. The zero-order chi connectivity index (χ0) is 13.4. The van der Waals surface area contributed by atoms with Gasteiger partial charge in [-0.25, -0.2) is 0 Å². The first-order chi connectivity index (χ1) is 8.59. The van der Waals surface area contributed by atoms with Crippen molar-refractivity contribution < 1.29 is 9.59 Å². The van der Waals surface area contributed by atoms with Crippen molar-refractivity contribution in [1.82, 2.24) is 16.0 Å². The van der Waals surface area contributed by atoms with E-state index in [0.717, 1.165) is 13.0 Å². The maximum absolute atomic E-state index is 11.5. The number of hydrogen-bond acceptors (Lipinski definition) is 3. The van der Waals surface area contributed by atoms with Crippen LogP contribution in [0.3, 0.4) is 0 Å². The Balaban J connectivity index is 0.00000324. The van der Waals surface area contributed by atoms with Crippen LogP contribution in [0.2, 0.25) is 0 Å². The first kappa shape index (κ1) is 18.2. The standard InChI is InChI=1S/C13H25N3O2.ClH/c1-10(2)13(18)16-9-8-15-12(17)6-5-11-4-3-7-14-11;/h10-11,14H,3-9H2,1-2H3,(H,15,17)(H,16,18);1H. The summed E-state index contributed by atoms with van der Waals surface area (Å²) in [4.78, 5) is 22.8. The second kappa shape index (κ2) is 10.0. The predicted octanol–water partition coefficient (Wildman–Crippen LogP) is 0.829. The fourth-order valence-electron chi connectivity index (χ4n) is 1.99. The molecule has 1 rings (SSSR count). The maximum Gasteiger partial charge on any atom is 0.222 e. The summed E-state index contributed by atoms with van der Waals surface area (Å²) in [6, 6.07) is 0.511. The fraction of sp³-hybridized carbons (Fsp3) is 0.846. The van der Waals surface area contributed by atoms with Crippen LogP contribution in [0, 0.1) is 5.92 Å². The molecule has 1 aliphatic rings. The Morgan fingerprint density at radius 1 is 1.26 bits per heavy atom. The molecule has 1 fully saturated rings. The van der Waals surface area contributed by atoms with Gasteiger partial charge in [0.2, 0.25) is 11.8 Å². The van der Waals surface area contributed by atoms with E-state index in [-0.39, 0.29) is 30.1 Å². The Morgan fingerprint density at radius 3 is 2.53 bits per heavy atom. The monoisotopic (exact) mass is 291 g/mol. The van der Waals surface area contributed by atoms with Gasteiger partial charge in [0.05, 0.1) is 0 Å². The van der Waals surface area contributed by atoms with Gasteiger partial charge in [-0.1, -0.05) is 13.8 Å². The van der Waals surface area contributed by atoms with Gasteiger partial charge < -0.3 is 16.0 Å². The van der Waals surface area contributed by atoms with Crippen molar-refractivity contribution in [2.75, 3.05) is 19.6 Å². The highest BCUT2D eigenvalue weighted by Gasteiger charge is 2.14. The van der Waals surface area contributed by atoms with Crippen LogP contribution in [-0.2, 0) is 9.59 Å². The van der Waals surface area contributed by atoms with Crippen LogP contribution in [-0.4, -0.2) is 37.5 Å². The van der Waals surface area contributed by atoms with E-state index in [1.165, 1.54) is 12.8 Å². The Bertz CT molecular complexity index is 279. The highest BCUT2D eigenvalue weighted by atomic mass is 35.5. The van der Waals surface area contributed by atoms with Gasteiger partial charge in [-0.15, -0.1) is 12.4 Å². The van der Waals surface area contributed by atoms with E-state index in [4.69, 9.17) is 0 Å². The molecule has 0 saturated carbocycles. The van der Waals surface area contributed by atoms with Gasteiger partial charge in [0.15, 0.2) is 0 Å². The van der Waals surface area contributed by atoms with Gasteiger partial charge in [0.1, 0.15) is 0 Å². The number of carbonyl (C=O) groups excluding carboxylic acids is 2. The number of halogens is 1. The molecular weight excluding hydrogens is 266 g/mol. The average Bonchev–Trinajstić information content (AvgIpc) is 2.84. The van der Waals surface area contributed by atoms with Crippen molar-refractivity contribution in [3.8, 4) is 0 Å². The number of nitrogens with one attached hydrogen (secondary N) is 3. The Kier molecular flexibility index (Phi) is 9.61. The smallest absolute Gasteiger partial charge is 0.222 e. The molecule has 6 heteroatoms. The van der Waals surface area contributed by atoms with E-state index in [2.05, 4.69) is 16.0 Å². The molecule has 19 heavy (non-hydrogen) atoms. The lowest BCUT2D eigenvalue weighted by Gasteiger charge is -2.11. The molecule has 1 atom stereocenters. The molecule has 1 saturated heterocycles. The van der Waals surface area contributed by atoms with Crippen LogP contribution in [0.1, 0.15) is 39.5 Å². The molecular formula is C13H26ClN3O2. The largest absolute Gasteiger partial charge is 0.354 e. The van der Waals surface area contributed by atoms with Crippen molar-refractivity contribution in [2.24, 2.45) is 5.92 Å². The molecule has 0 radical (unpaired) electrons. The highest BCUT2D eigenvalue weighted by Crippen LogP contribution is 2.10. The number of amides is 2. The molecule has 112 valence electrons. The summed E-state index contributed by atoms with van der Waals surface area (Å²) < 4.78 is 0. The molecule has 3 N–H and O–H groups in total. The predicted molar refractivity (Wildman–Crippen MR) is 78.4 cm³/mol. The van der Waals surface area contributed by atoms with Gasteiger partial charge in [-0.3, -0.25) is 9.59 Å². The molecule has 1 aliphatic heterocycles. The van der Waals surface area contributed by atoms with Crippen molar-refractivity contribution >= 4 is 24.2 Å². The first-order valence-electron chi connectivity index (χ1n) is 6.87. The zero-order valence-electron chi connectivity index (χ0n) is 11.8. The second-order valence-corrected chi connectivity index (χ2v) is 5.13. The molecule has 2 amide bonds. The first-order valence-corrected chi connectivity index (χ1v) is 6.87. The van der Waals surface area contributed by atoms with E-state index in [1.54, 1.807) is 0 Å². The van der Waals surface area contributed by atoms with Crippen LogP contribution in [0.5, 0.6) is 0 Å². The topological polar surface area (TPSA) is 70.2 Å². The maximum atomic E-state index is 11.5. The van der Waals surface area contributed by atoms with Gasteiger partial charge in [-0.2, -0.15) is 0 Å². The lowest BCUT2D eigenvalue weighted by molar-refractivity contribution is -0.124. The molecule has 1 unspecified atom stereocenters. The lowest BCUT2D eigenvalue weighted by Crippen LogP contribution is -2.36. The van der Waals surface area contributed by atoms with Crippen LogP contribution in [0.4, 0.5) is 0 Å². The minimum Gasteiger partial charge on any atom is -0.354 e. The van der Waals surface area contributed by atoms with Crippen LogP contribution in [0.25, 0.3) is 0 Å². The summed E-state index contributed by atoms with van der Waals surface area (Å²) in [5.41, 5.74) is 0. The fourth-order valence-corrected chi connectivity index (χ4v) is 1.99. The highest BCUT2D eigenvalue weighted by molar-refractivity contribution is 5.85. The SMILES string of the molecule is CC(C)C(=O)NCCNC(=O)CCC1CCCN1.Cl. The summed E-state index contributed by atoms with van der Waals surface area (Å²) in [5, 5.41) is 8.96. The zero-order valence-corrected chi connectivity index (χ0v) is 12.6. The van der Waals surface area contributed by atoms with E-state index in [9.17, 15) is 9.59 Å². The molecule has 0 spiro atoms. The van der Waals surface area contributed by atoms with Crippen molar-refractivity contribution in [3.05, 3.63) is 0 Å². The van der Waals surface area contributed by atoms with Crippen LogP contribution in [0.15, 0.2) is 0 Å². The van der Waals surface area contributed by atoms with Crippen LogP contribution >= 0.6 is 12.4 Å². The Labute approximate surface area is 121 Å². The summed E-state index contributed by atoms with van der Waals surface area (Å²) in [5.74, 6) is 0.0936. The average molecular weight is 292 g/mol. The summed E-state index contributed by atoms with van der Waals surface area (Å²) >= 11 is 0. The van der Waals surface area contributed by atoms with E-state index in [0.29, 0.717) is 25.6 Å². The minimum atomic E-state index is -0.00542. The molecule has 1 heterocycles. The molecule has 5 nitrogen and oxygen atoms in total. The van der Waals surface area contributed by atoms with Crippen LogP contribution < -0.4 is 16.0 Å². The van der Waals surface area contributed by atoms with Gasteiger partial charge in [-0.05, 0) is 25.8 Å². The van der Waals surface area contributed by atoms with E-state index < -0.39 is 0 Å². The molecule has 0 bridgehead atoms. The molecule has 0 aliphatic carbocycles.